The van der Waals surface area contributed by atoms with Crippen molar-refractivity contribution in [3.8, 4) is 0 Å². The first kappa shape index (κ1) is 25.4. The van der Waals surface area contributed by atoms with E-state index in [2.05, 4.69) is 10.2 Å². The fraction of sp³-hybridized carbons (Fsp3) is 0.321. The fourth-order valence-corrected chi connectivity index (χ4v) is 4.17. The Morgan fingerprint density at radius 1 is 0.686 bits per heavy atom. The highest BCUT2D eigenvalue weighted by Gasteiger charge is 2.48. The summed E-state index contributed by atoms with van der Waals surface area (Å²) in [6.45, 7) is 0.745. The van der Waals surface area contributed by atoms with Crippen LogP contribution in [0.5, 0.6) is 0 Å². The van der Waals surface area contributed by atoms with Crippen LogP contribution in [-0.2, 0) is 38.8 Å². The maximum Gasteiger partial charge on any atom is 0.187 e. The van der Waals surface area contributed by atoms with E-state index in [9.17, 15) is 5.11 Å². The molecule has 1 aliphatic heterocycles. The van der Waals surface area contributed by atoms with Crippen molar-refractivity contribution in [3.05, 3.63) is 108 Å². The number of hydrogen-bond donors (Lipinski definition) is 1. The van der Waals surface area contributed by atoms with Crippen LogP contribution in [0.1, 0.15) is 16.7 Å². The third-order valence-electron chi connectivity index (χ3n) is 5.83. The molecule has 0 aliphatic carbocycles. The molecule has 1 aliphatic rings. The molecule has 0 amide bonds. The molecule has 7 heteroatoms. The highest BCUT2D eigenvalue weighted by Crippen LogP contribution is 2.31. The van der Waals surface area contributed by atoms with Crippen LogP contribution in [0, 0.1) is 0 Å². The van der Waals surface area contributed by atoms with Crippen molar-refractivity contribution in [1.29, 1.82) is 0 Å². The molecule has 35 heavy (non-hydrogen) atoms. The third-order valence-corrected chi connectivity index (χ3v) is 5.93. The molecule has 182 valence electrons. The SMILES string of the molecule is OC[C@H]1O[C@H](N=C=S)[C@H](OCc2ccccc2)[C@@H](OCc2ccccc2)[C@@H]1OCc1ccccc1. The van der Waals surface area contributed by atoms with E-state index >= 15 is 0 Å². The van der Waals surface area contributed by atoms with Gasteiger partial charge < -0.3 is 24.1 Å². The predicted molar refractivity (Wildman–Crippen MR) is 136 cm³/mol. The lowest BCUT2D eigenvalue weighted by molar-refractivity contribution is -0.268. The lowest BCUT2D eigenvalue weighted by Gasteiger charge is -2.44. The molecule has 1 N–H and O–H groups in total. The molecule has 0 radical (unpaired) electrons. The van der Waals surface area contributed by atoms with Gasteiger partial charge in [-0.25, -0.2) is 0 Å². The van der Waals surface area contributed by atoms with Crippen LogP contribution in [-0.4, -0.2) is 47.5 Å². The van der Waals surface area contributed by atoms with Gasteiger partial charge in [0.15, 0.2) is 6.23 Å². The second-order valence-corrected chi connectivity index (χ2v) is 8.43. The van der Waals surface area contributed by atoms with Gasteiger partial charge in [0.05, 0.1) is 31.6 Å². The average Bonchev–Trinajstić information content (AvgIpc) is 2.92. The third kappa shape index (κ3) is 7.13. The maximum atomic E-state index is 10.2. The van der Waals surface area contributed by atoms with Crippen LogP contribution in [0.25, 0.3) is 0 Å². The maximum absolute atomic E-state index is 10.2. The van der Waals surface area contributed by atoms with Crippen molar-refractivity contribution in [2.24, 2.45) is 4.99 Å². The lowest BCUT2D eigenvalue weighted by Crippen LogP contribution is -2.60. The second kappa shape index (κ2) is 13.4. The largest absolute Gasteiger partial charge is 0.394 e. The number of hydrogen-bond acceptors (Lipinski definition) is 7. The van der Waals surface area contributed by atoms with Gasteiger partial charge in [0.1, 0.15) is 24.4 Å². The van der Waals surface area contributed by atoms with Crippen molar-refractivity contribution < 1.29 is 24.1 Å². The highest BCUT2D eigenvalue weighted by molar-refractivity contribution is 7.78. The van der Waals surface area contributed by atoms with Gasteiger partial charge in [-0.2, -0.15) is 4.99 Å². The Morgan fingerprint density at radius 3 is 1.54 bits per heavy atom. The van der Waals surface area contributed by atoms with E-state index in [0.717, 1.165) is 16.7 Å². The van der Waals surface area contributed by atoms with E-state index in [1.54, 1.807) is 0 Å². The van der Waals surface area contributed by atoms with Crippen molar-refractivity contribution in [1.82, 2.24) is 0 Å². The van der Waals surface area contributed by atoms with Crippen molar-refractivity contribution in [2.75, 3.05) is 6.61 Å². The molecule has 3 aromatic rings. The Hall–Kier alpha value is -2.74. The van der Waals surface area contributed by atoms with Gasteiger partial charge >= 0.3 is 0 Å². The molecule has 0 saturated carbocycles. The minimum Gasteiger partial charge on any atom is -0.394 e. The molecule has 0 spiro atoms. The fourth-order valence-electron chi connectivity index (χ4n) is 4.07. The molecule has 0 aromatic heterocycles. The minimum absolute atomic E-state index is 0.264. The van der Waals surface area contributed by atoms with Gasteiger partial charge in [-0.05, 0) is 28.9 Å². The van der Waals surface area contributed by atoms with Gasteiger partial charge in [0, 0.05) is 0 Å². The molecule has 0 unspecified atom stereocenters. The summed E-state index contributed by atoms with van der Waals surface area (Å²) >= 11 is 4.88. The molecular weight excluding hydrogens is 462 g/mol. The van der Waals surface area contributed by atoms with Gasteiger partial charge in [-0.1, -0.05) is 91.0 Å². The number of aliphatic hydroxyl groups is 1. The number of benzene rings is 3. The van der Waals surface area contributed by atoms with E-state index in [1.807, 2.05) is 91.0 Å². The predicted octanol–water partition coefficient (Wildman–Crippen LogP) is 4.56. The Labute approximate surface area is 211 Å². The van der Waals surface area contributed by atoms with Crippen LogP contribution in [0.4, 0.5) is 0 Å². The van der Waals surface area contributed by atoms with Crippen LogP contribution < -0.4 is 0 Å². The summed E-state index contributed by atoms with van der Waals surface area (Å²) in [5.74, 6) is 0. The summed E-state index contributed by atoms with van der Waals surface area (Å²) in [7, 11) is 0. The first-order valence-electron chi connectivity index (χ1n) is 11.6. The standard InChI is InChI=1S/C28H29NO5S/c30-16-24-25(31-17-21-10-4-1-5-11-21)26(32-18-22-12-6-2-7-13-22)27(28(34-24)29-20-35)33-19-23-14-8-3-9-15-23/h1-15,24-28,30H,16-19H2/t24-,25-,26+,27-,28+/m1/s1. The summed E-state index contributed by atoms with van der Waals surface area (Å²) in [6.07, 6.45) is -3.26. The van der Waals surface area contributed by atoms with Crippen molar-refractivity contribution in [2.45, 2.75) is 50.5 Å². The van der Waals surface area contributed by atoms with Gasteiger partial charge in [-0.15, -0.1) is 0 Å². The summed E-state index contributed by atoms with van der Waals surface area (Å²) in [5, 5.41) is 12.6. The molecule has 6 nitrogen and oxygen atoms in total. The molecular formula is C28H29NO5S. The number of thiocarbonyl (C=S) groups is 1. The number of ether oxygens (including phenoxy) is 4. The Kier molecular flexibility index (Phi) is 9.69. The quantitative estimate of drug-likeness (QED) is 0.313. The topological polar surface area (TPSA) is 69.5 Å². The molecule has 0 bridgehead atoms. The van der Waals surface area contributed by atoms with Gasteiger partial charge in [-0.3, -0.25) is 0 Å². The number of nitrogens with zero attached hydrogens (tertiary/aromatic N) is 1. The Morgan fingerprint density at radius 2 is 1.11 bits per heavy atom. The zero-order chi connectivity index (χ0) is 24.3. The Balaban J connectivity index is 1.59. The van der Waals surface area contributed by atoms with Crippen LogP contribution in [0.2, 0.25) is 0 Å². The first-order chi connectivity index (χ1) is 17.3. The van der Waals surface area contributed by atoms with E-state index in [1.165, 1.54) is 0 Å². The monoisotopic (exact) mass is 491 g/mol. The van der Waals surface area contributed by atoms with E-state index in [-0.39, 0.29) is 6.61 Å². The van der Waals surface area contributed by atoms with E-state index in [0.29, 0.717) is 19.8 Å². The number of rotatable bonds is 11. The Bertz CT molecular complexity index is 1060. The molecule has 3 aromatic carbocycles. The second-order valence-electron chi connectivity index (χ2n) is 8.25. The molecule has 1 saturated heterocycles. The van der Waals surface area contributed by atoms with Gasteiger partial charge in [0.25, 0.3) is 0 Å². The van der Waals surface area contributed by atoms with Crippen molar-refractivity contribution >= 4 is 17.4 Å². The van der Waals surface area contributed by atoms with E-state index < -0.39 is 30.6 Å². The van der Waals surface area contributed by atoms with E-state index in [4.69, 9.17) is 31.2 Å². The number of aliphatic hydroxyl groups excluding tert-OH is 1. The normalized spacial score (nSPS) is 24.0. The summed E-state index contributed by atoms with van der Waals surface area (Å²) in [4.78, 5) is 4.20. The number of isothiocyanates is 1. The minimum atomic E-state index is -0.786. The molecule has 4 rings (SSSR count). The summed E-state index contributed by atoms with van der Waals surface area (Å²) in [5.41, 5.74) is 3.02. The van der Waals surface area contributed by atoms with Crippen LogP contribution in [0.3, 0.4) is 0 Å². The molecule has 1 heterocycles. The first-order valence-corrected chi connectivity index (χ1v) is 12.0. The molecule has 1 fully saturated rings. The highest BCUT2D eigenvalue weighted by atomic mass is 32.1. The zero-order valence-electron chi connectivity index (χ0n) is 19.3. The zero-order valence-corrected chi connectivity index (χ0v) is 20.1. The van der Waals surface area contributed by atoms with Crippen LogP contribution >= 0.6 is 12.2 Å². The average molecular weight is 492 g/mol. The summed E-state index contributed by atoms with van der Waals surface area (Å²) in [6, 6.07) is 29.6. The summed E-state index contributed by atoms with van der Waals surface area (Å²) < 4.78 is 25.1. The van der Waals surface area contributed by atoms with Crippen LogP contribution in [0.15, 0.2) is 96.0 Å². The van der Waals surface area contributed by atoms with Gasteiger partial charge in [0.2, 0.25) is 0 Å². The lowest BCUT2D eigenvalue weighted by atomic mass is 9.97. The van der Waals surface area contributed by atoms with Crippen molar-refractivity contribution in [3.63, 3.8) is 0 Å². The molecule has 5 atom stereocenters. The smallest absolute Gasteiger partial charge is 0.187 e. The number of aliphatic imine (C=N–C) groups is 1.